The summed E-state index contributed by atoms with van der Waals surface area (Å²) in [4.78, 5) is 50.7. The van der Waals surface area contributed by atoms with Gasteiger partial charge in [-0.25, -0.2) is 4.79 Å². The van der Waals surface area contributed by atoms with Crippen molar-refractivity contribution in [3.63, 3.8) is 0 Å². The van der Waals surface area contributed by atoms with Gasteiger partial charge in [-0.05, 0) is 55.0 Å². The van der Waals surface area contributed by atoms with Crippen molar-refractivity contribution in [1.82, 2.24) is 16.0 Å². The molecule has 0 fully saturated rings. The Bertz CT molecular complexity index is 1100. The van der Waals surface area contributed by atoms with E-state index in [9.17, 15) is 34.5 Å². The molecule has 2 aromatic rings. The lowest BCUT2D eigenvalue weighted by Crippen LogP contribution is -2.59. The monoisotopic (exact) mass is 560 g/mol. The zero-order valence-electron chi connectivity index (χ0n) is 21.9. The van der Waals surface area contributed by atoms with Crippen LogP contribution >= 0.6 is 11.8 Å². The van der Waals surface area contributed by atoms with E-state index in [2.05, 4.69) is 16.0 Å². The van der Waals surface area contributed by atoms with Crippen LogP contribution in [0.3, 0.4) is 0 Å². The number of aliphatic carboxylic acids is 1. The Hall–Kier alpha value is -3.61. The SMILES string of the molecule is CSCCC(NC(=O)C(N)Cc1ccccc1)C(=O)NC(Cc1ccc(O)cc1)C(=O)NC(C(=O)O)C(C)O. The van der Waals surface area contributed by atoms with Gasteiger partial charge in [0.05, 0.1) is 12.1 Å². The number of phenolic OH excluding ortho intramolecular Hbond substituents is 1. The number of phenols is 1. The van der Waals surface area contributed by atoms with Gasteiger partial charge >= 0.3 is 5.97 Å². The van der Waals surface area contributed by atoms with Crippen molar-refractivity contribution >= 4 is 35.5 Å². The number of nitrogens with one attached hydrogen (secondary N) is 3. The summed E-state index contributed by atoms with van der Waals surface area (Å²) in [5, 5.41) is 36.3. The maximum absolute atomic E-state index is 13.3. The molecule has 2 aromatic carbocycles. The van der Waals surface area contributed by atoms with Gasteiger partial charge in [-0.15, -0.1) is 0 Å². The Morgan fingerprint density at radius 2 is 1.41 bits per heavy atom. The van der Waals surface area contributed by atoms with Crippen LogP contribution in [-0.4, -0.2) is 81.3 Å². The molecule has 8 N–H and O–H groups in total. The van der Waals surface area contributed by atoms with Crippen molar-refractivity contribution in [2.45, 2.75) is 56.5 Å². The minimum Gasteiger partial charge on any atom is -0.508 e. The van der Waals surface area contributed by atoms with E-state index in [4.69, 9.17) is 5.73 Å². The van der Waals surface area contributed by atoms with E-state index in [0.717, 1.165) is 5.56 Å². The Balaban J connectivity index is 2.20. The molecule has 0 heterocycles. The van der Waals surface area contributed by atoms with Gasteiger partial charge in [-0.2, -0.15) is 11.8 Å². The zero-order chi connectivity index (χ0) is 28.9. The molecule has 0 saturated heterocycles. The Kier molecular flexibility index (Phi) is 12.7. The average Bonchev–Trinajstić information content (AvgIpc) is 2.90. The fourth-order valence-corrected chi connectivity index (χ4v) is 4.21. The third kappa shape index (κ3) is 10.6. The van der Waals surface area contributed by atoms with Crippen molar-refractivity contribution in [3.05, 3.63) is 65.7 Å². The van der Waals surface area contributed by atoms with Gasteiger partial charge in [-0.3, -0.25) is 14.4 Å². The lowest BCUT2D eigenvalue weighted by molar-refractivity contribution is -0.145. The second-order valence-corrected chi connectivity index (χ2v) is 10.1. The van der Waals surface area contributed by atoms with Gasteiger partial charge in [0.25, 0.3) is 0 Å². The molecule has 0 bridgehead atoms. The number of hydrogen-bond donors (Lipinski definition) is 7. The molecule has 0 aliphatic heterocycles. The number of aliphatic hydroxyl groups is 1. The van der Waals surface area contributed by atoms with E-state index in [1.165, 1.54) is 30.8 Å². The average molecular weight is 561 g/mol. The van der Waals surface area contributed by atoms with Gasteiger partial charge in [0, 0.05) is 6.42 Å². The number of aromatic hydroxyl groups is 1. The van der Waals surface area contributed by atoms with Crippen LogP contribution < -0.4 is 21.7 Å². The lowest BCUT2D eigenvalue weighted by atomic mass is 10.0. The first-order chi connectivity index (χ1) is 18.5. The minimum absolute atomic E-state index is 0.00974. The Labute approximate surface area is 231 Å². The highest BCUT2D eigenvalue weighted by molar-refractivity contribution is 7.98. The van der Waals surface area contributed by atoms with Crippen molar-refractivity contribution < 1.29 is 34.5 Å². The highest BCUT2D eigenvalue weighted by atomic mass is 32.2. The summed E-state index contributed by atoms with van der Waals surface area (Å²) in [6.45, 7) is 1.22. The number of carboxylic acid groups (broad SMARTS) is 1. The van der Waals surface area contributed by atoms with Gasteiger partial charge in [0.15, 0.2) is 6.04 Å². The predicted molar refractivity (Wildman–Crippen MR) is 148 cm³/mol. The number of benzene rings is 2. The van der Waals surface area contributed by atoms with Crippen molar-refractivity contribution in [2.24, 2.45) is 5.73 Å². The number of amides is 3. The first-order valence-corrected chi connectivity index (χ1v) is 13.8. The summed E-state index contributed by atoms with van der Waals surface area (Å²) >= 11 is 1.47. The summed E-state index contributed by atoms with van der Waals surface area (Å²) in [5.41, 5.74) is 7.53. The van der Waals surface area contributed by atoms with Gasteiger partial charge in [0.1, 0.15) is 17.8 Å². The number of aliphatic hydroxyl groups excluding tert-OH is 1. The van der Waals surface area contributed by atoms with E-state index in [1.807, 2.05) is 36.6 Å². The largest absolute Gasteiger partial charge is 0.508 e. The number of hydrogen-bond acceptors (Lipinski definition) is 8. The summed E-state index contributed by atoms with van der Waals surface area (Å²) < 4.78 is 0. The van der Waals surface area contributed by atoms with Crippen LogP contribution in [-0.2, 0) is 32.0 Å². The molecule has 12 heteroatoms. The van der Waals surface area contributed by atoms with E-state index in [1.54, 1.807) is 12.1 Å². The fraction of sp³-hybridized carbons (Fsp3) is 0.407. The molecular formula is C27H36N4O7S. The molecule has 0 saturated carbocycles. The molecule has 5 unspecified atom stereocenters. The summed E-state index contributed by atoms with van der Waals surface area (Å²) in [6.07, 6.45) is 0.944. The zero-order valence-corrected chi connectivity index (χ0v) is 22.7. The lowest BCUT2D eigenvalue weighted by Gasteiger charge is -2.26. The molecule has 0 spiro atoms. The summed E-state index contributed by atoms with van der Waals surface area (Å²) in [7, 11) is 0. The van der Waals surface area contributed by atoms with Crippen LogP contribution in [0.15, 0.2) is 54.6 Å². The predicted octanol–water partition coefficient (Wildman–Crippen LogP) is 0.178. The molecule has 0 aliphatic rings. The molecule has 2 rings (SSSR count). The van der Waals surface area contributed by atoms with E-state index < -0.39 is 54.0 Å². The molecule has 0 aromatic heterocycles. The smallest absolute Gasteiger partial charge is 0.328 e. The minimum atomic E-state index is -1.60. The van der Waals surface area contributed by atoms with Gasteiger partial charge in [0.2, 0.25) is 17.7 Å². The van der Waals surface area contributed by atoms with E-state index in [-0.39, 0.29) is 25.0 Å². The first kappa shape index (κ1) is 31.6. The molecule has 3 amide bonds. The molecule has 0 aliphatic carbocycles. The molecule has 212 valence electrons. The fourth-order valence-electron chi connectivity index (χ4n) is 3.74. The van der Waals surface area contributed by atoms with Crippen LogP contribution in [0.5, 0.6) is 5.75 Å². The quantitative estimate of drug-likeness (QED) is 0.159. The third-order valence-electron chi connectivity index (χ3n) is 5.93. The van der Waals surface area contributed by atoms with Crippen LogP contribution in [0.1, 0.15) is 24.5 Å². The molecule has 0 radical (unpaired) electrons. The van der Waals surface area contributed by atoms with Gasteiger partial charge < -0.3 is 37.0 Å². The molecule has 39 heavy (non-hydrogen) atoms. The van der Waals surface area contributed by atoms with Gasteiger partial charge in [-0.1, -0.05) is 42.5 Å². The van der Waals surface area contributed by atoms with Crippen LogP contribution in [0.4, 0.5) is 0 Å². The molecule has 5 atom stereocenters. The third-order valence-corrected chi connectivity index (χ3v) is 6.58. The van der Waals surface area contributed by atoms with Crippen LogP contribution in [0.25, 0.3) is 0 Å². The number of carboxylic acids is 1. The Morgan fingerprint density at radius 3 is 1.97 bits per heavy atom. The summed E-state index contributed by atoms with van der Waals surface area (Å²) in [5.74, 6) is -2.90. The highest BCUT2D eigenvalue weighted by Crippen LogP contribution is 2.13. The Morgan fingerprint density at radius 1 is 0.846 bits per heavy atom. The van der Waals surface area contributed by atoms with Crippen LogP contribution in [0.2, 0.25) is 0 Å². The number of thioether (sulfide) groups is 1. The topological polar surface area (TPSA) is 191 Å². The van der Waals surface area contributed by atoms with E-state index in [0.29, 0.717) is 11.3 Å². The second kappa shape index (κ2) is 15.7. The normalized spacial score (nSPS) is 14.8. The molecule has 11 nitrogen and oxygen atoms in total. The maximum Gasteiger partial charge on any atom is 0.328 e. The maximum atomic E-state index is 13.3. The van der Waals surface area contributed by atoms with E-state index >= 15 is 0 Å². The van der Waals surface area contributed by atoms with Crippen LogP contribution in [0, 0.1) is 0 Å². The number of rotatable bonds is 15. The highest BCUT2D eigenvalue weighted by Gasteiger charge is 2.32. The van der Waals surface area contributed by atoms with Crippen molar-refractivity contribution in [3.8, 4) is 5.75 Å². The number of nitrogens with two attached hydrogens (primary N) is 1. The van der Waals surface area contributed by atoms with Crippen molar-refractivity contribution in [2.75, 3.05) is 12.0 Å². The molecular weight excluding hydrogens is 524 g/mol. The summed E-state index contributed by atoms with van der Waals surface area (Å²) in [6, 6.07) is 10.4. The first-order valence-electron chi connectivity index (χ1n) is 12.4. The number of carbonyl (C=O) groups excluding carboxylic acids is 3. The van der Waals surface area contributed by atoms with Crippen molar-refractivity contribution in [1.29, 1.82) is 0 Å². The standard InChI is InChI=1S/C27H36N4O7S/c1-16(32)23(27(37)38)31-26(36)22(15-18-8-10-19(33)11-9-18)30-25(35)21(12-13-39-2)29-24(34)20(28)14-17-6-4-3-5-7-17/h3-11,16,20-23,32-33H,12-15,28H2,1-2H3,(H,29,34)(H,30,35)(H,31,36)(H,37,38). The number of carbonyl (C=O) groups is 4. The second-order valence-electron chi connectivity index (χ2n) is 9.14.